The molecular weight excluding hydrogens is 176 g/mol. The minimum atomic E-state index is -0.814. The molecule has 11 heavy (non-hydrogen) atoms. The van der Waals surface area contributed by atoms with Crippen molar-refractivity contribution in [2.24, 2.45) is 5.92 Å². The molecule has 0 aliphatic carbocycles. The molecule has 0 saturated heterocycles. The summed E-state index contributed by atoms with van der Waals surface area (Å²) >= 11 is 0. The molecule has 0 bridgehead atoms. The van der Waals surface area contributed by atoms with Gasteiger partial charge in [-0.3, -0.25) is 0 Å². The third-order valence-corrected chi connectivity index (χ3v) is 3.28. The first-order chi connectivity index (χ1) is 5.09. The largest absolute Gasteiger partial charge is 0.478 e. The number of hydrogen-bond donors (Lipinski definition) is 1. The summed E-state index contributed by atoms with van der Waals surface area (Å²) in [7, 11) is 0.0179. The average molecular weight is 190 g/mol. The van der Waals surface area contributed by atoms with Gasteiger partial charge in [0.1, 0.15) is 10.5 Å². The summed E-state index contributed by atoms with van der Waals surface area (Å²) < 4.78 is 5.01. The fraction of sp³-hybridized carbons (Fsp3) is 0.500. The summed E-state index contributed by atoms with van der Waals surface area (Å²) in [5.41, 5.74) is 2.26. The lowest BCUT2D eigenvalue weighted by molar-refractivity contribution is -0.133. The van der Waals surface area contributed by atoms with Gasteiger partial charge in [0.05, 0.1) is 0 Å². The molecule has 0 unspecified atom stereocenters. The standard InChI is InChI=1S/C6H14O3Si2/c1-4(2)5(6(7)8)3-11-9-10/h3-4H,11H2,1-2,10H3,(H,7,8). The third-order valence-electron chi connectivity index (χ3n) is 1.34. The first-order valence-corrected chi connectivity index (χ1v) is 5.73. The second kappa shape index (κ2) is 5.28. The predicted octanol–water partition coefficient (Wildman–Crippen LogP) is -1.01. The van der Waals surface area contributed by atoms with Crippen LogP contribution in [0.1, 0.15) is 13.8 Å². The van der Waals surface area contributed by atoms with Crippen molar-refractivity contribution < 1.29 is 14.0 Å². The molecule has 64 valence electrons. The van der Waals surface area contributed by atoms with Crippen LogP contribution in [0.4, 0.5) is 0 Å². The lowest BCUT2D eigenvalue weighted by atomic mass is 10.1. The van der Waals surface area contributed by atoms with Crippen molar-refractivity contribution in [2.45, 2.75) is 13.8 Å². The first-order valence-electron chi connectivity index (χ1n) is 3.51. The van der Waals surface area contributed by atoms with Gasteiger partial charge in [-0.1, -0.05) is 19.5 Å². The number of hydrogen-bond acceptors (Lipinski definition) is 2. The Morgan fingerprint density at radius 3 is 2.55 bits per heavy atom. The topological polar surface area (TPSA) is 46.5 Å². The molecule has 0 radical (unpaired) electrons. The lowest BCUT2D eigenvalue weighted by Crippen LogP contribution is -2.09. The van der Waals surface area contributed by atoms with Crippen molar-refractivity contribution in [3.63, 3.8) is 0 Å². The molecule has 5 heteroatoms. The molecule has 0 rings (SSSR count). The molecule has 0 atom stereocenters. The molecule has 3 nitrogen and oxygen atoms in total. The SMILES string of the molecule is CC(C)C(=C[SiH2]O[SiH3])C(=O)O. The van der Waals surface area contributed by atoms with Crippen molar-refractivity contribution in [1.82, 2.24) is 0 Å². The highest BCUT2D eigenvalue weighted by molar-refractivity contribution is 6.41. The van der Waals surface area contributed by atoms with E-state index in [9.17, 15) is 4.79 Å². The van der Waals surface area contributed by atoms with Gasteiger partial charge in [-0.25, -0.2) is 4.79 Å². The second-order valence-corrected chi connectivity index (χ2v) is 5.63. The van der Waals surface area contributed by atoms with Gasteiger partial charge in [0, 0.05) is 5.57 Å². The summed E-state index contributed by atoms with van der Waals surface area (Å²) in [6.07, 6.45) is 0. The molecule has 0 aliphatic heterocycles. The van der Waals surface area contributed by atoms with Gasteiger partial charge in [-0.2, -0.15) is 0 Å². The van der Waals surface area contributed by atoms with E-state index in [1.807, 2.05) is 13.8 Å². The van der Waals surface area contributed by atoms with Crippen LogP contribution in [0.3, 0.4) is 0 Å². The molecule has 0 fully saturated rings. The summed E-state index contributed by atoms with van der Waals surface area (Å²) in [5, 5.41) is 8.68. The van der Waals surface area contributed by atoms with Crippen LogP contribution in [0.15, 0.2) is 11.3 Å². The molecule has 0 heterocycles. The van der Waals surface area contributed by atoms with Gasteiger partial charge in [0.15, 0.2) is 9.76 Å². The minimum absolute atomic E-state index is 0.0943. The molecule has 0 saturated carbocycles. The van der Waals surface area contributed by atoms with Crippen LogP contribution >= 0.6 is 0 Å². The molecule has 0 aromatic carbocycles. The van der Waals surface area contributed by atoms with Gasteiger partial charge < -0.3 is 9.22 Å². The molecule has 0 aromatic heterocycles. The zero-order valence-electron chi connectivity index (χ0n) is 7.13. The third kappa shape index (κ3) is 4.12. The molecule has 0 aromatic rings. The lowest BCUT2D eigenvalue weighted by Gasteiger charge is -2.04. The molecule has 0 spiro atoms. The van der Waals surface area contributed by atoms with E-state index in [1.165, 1.54) is 0 Å². The maximum Gasteiger partial charge on any atom is 0.331 e. The Kier molecular flexibility index (Phi) is 5.09. The van der Waals surface area contributed by atoms with E-state index >= 15 is 0 Å². The van der Waals surface area contributed by atoms with Crippen molar-refractivity contribution >= 4 is 26.2 Å². The fourth-order valence-corrected chi connectivity index (χ4v) is 2.24. The van der Waals surface area contributed by atoms with Crippen LogP contribution in [0.2, 0.25) is 0 Å². The monoisotopic (exact) mass is 190 g/mol. The Bertz CT molecular complexity index is 165. The van der Waals surface area contributed by atoms with Crippen molar-refractivity contribution in [3.05, 3.63) is 11.3 Å². The highest BCUT2D eigenvalue weighted by Gasteiger charge is 2.10. The highest BCUT2D eigenvalue weighted by Crippen LogP contribution is 2.08. The number of carboxylic acid groups (broad SMARTS) is 1. The van der Waals surface area contributed by atoms with Crippen molar-refractivity contribution in [3.8, 4) is 0 Å². The molecule has 1 N–H and O–H groups in total. The van der Waals surface area contributed by atoms with E-state index in [0.717, 1.165) is 0 Å². The Morgan fingerprint density at radius 1 is 1.73 bits per heavy atom. The Balaban J connectivity index is 4.21. The van der Waals surface area contributed by atoms with Gasteiger partial charge in [-0.05, 0) is 5.92 Å². The summed E-state index contributed by atoms with van der Waals surface area (Å²) in [6.45, 7) is 3.75. The maximum absolute atomic E-state index is 10.6. The quantitative estimate of drug-likeness (QED) is 0.456. The van der Waals surface area contributed by atoms with E-state index in [2.05, 4.69) is 0 Å². The number of rotatable bonds is 4. The van der Waals surface area contributed by atoms with Gasteiger partial charge in [0.25, 0.3) is 0 Å². The van der Waals surface area contributed by atoms with Crippen LogP contribution in [-0.2, 0) is 8.91 Å². The highest BCUT2D eigenvalue weighted by atomic mass is 28.3. The molecule has 0 aliphatic rings. The molecule has 0 amide bonds. The summed E-state index contributed by atoms with van der Waals surface area (Å²) in [4.78, 5) is 10.6. The number of carboxylic acids is 1. The summed E-state index contributed by atoms with van der Waals surface area (Å²) in [6, 6.07) is 0. The first kappa shape index (κ1) is 10.6. The van der Waals surface area contributed by atoms with E-state index in [1.54, 1.807) is 5.70 Å². The van der Waals surface area contributed by atoms with Crippen LogP contribution in [0.5, 0.6) is 0 Å². The number of carbonyl (C=O) groups is 1. The van der Waals surface area contributed by atoms with E-state index in [-0.39, 0.29) is 5.92 Å². The van der Waals surface area contributed by atoms with Crippen LogP contribution in [0.25, 0.3) is 0 Å². The van der Waals surface area contributed by atoms with Crippen LogP contribution < -0.4 is 0 Å². The van der Waals surface area contributed by atoms with E-state index in [0.29, 0.717) is 16.1 Å². The van der Waals surface area contributed by atoms with Crippen LogP contribution in [-0.4, -0.2) is 31.3 Å². The number of aliphatic carboxylic acids is 1. The predicted molar refractivity (Wildman–Crippen MR) is 50.1 cm³/mol. The summed E-state index contributed by atoms with van der Waals surface area (Å²) in [5.74, 6) is -0.719. The van der Waals surface area contributed by atoms with Crippen LogP contribution in [0, 0.1) is 5.92 Å². The Labute approximate surface area is 71.9 Å². The van der Waals surface area contributed by atoms with Gasteiger partial charge in [0.2, 0.25) is 0 Å². The normalized spacial score (nSPS) is 13.5. The Hall–Kier alpha value is -0.396. The second-order valence-electron chi connectivity index (χ2n) is 2.57. The van der Waals surface area contributed by atoms with Gasteiger partial charge in [-0.15, -0.1) is 0 Å². The minimum Gasteiger partial charge on any atom is -0.478 e. The molecular formula is C6H14O3Si2. The maximum atomic E-state index is 10.6. The zero-order valence-corrected chi connectivity index (χ0v) is 10.5. The fourth-order valence-electron chi connectivity index (χ4n) is 0.743. The Morgan fingerprint density at radius 2 is 2.27 bits per heavy atom. The van der Waals surface area contributed by atoms with Crippen molar-refractivity contribution in [1.29, 1.82) is 0 Å². The zero-order chi connectivity index (χ0) is 8.85. The smallest absolute Gasteiger partial charge is 0.331 e. The van der Waals surface area contributed by atoms with E-state index in [4.69, 9.17) is 9.22 Å². The van der Waals surface area contributed by atoms with E-state index < -0.39 is 15.7 Å². The average Bonchev–Trinajstić information content (AvgIpc) is 1.87. The van der Waals surface area contributed by atoms with Crippen molar-refractivity contribution in [2.75, 3.05) is 0 Å². The van der Waals surface area contributed by atoms with Gasteiger partial charge >= 0.3 is 5.97 Å².